The first kappa shape index (κ1) is 17.2. The molecule has 1 aromatic heterocycles. The van der Waals surface area contributed by atoms with E-state index < -0.39 is 0 Å². The molecule has 0 saturated heterocycles. The number of methoxy groups -OCH3 is 2. The summed E-state index contributed by atoms with van der Waals surface area (Å²) in [5.74, 6) is 0.883. The molecule has 1 amide bonds. The first-order valence-electron chi connectivity index (χ1n) is 7.87. The molecule has 0 unspecified atom stereocenters. The van der Waals surface area contributed by atoms with Crippen molar-refractivity contribution in [2.75, 3.05) is 19.5 Å². The Balaban J connectivity index is 1.69. The van der Waals surface area contributed by atoms with Crippen LogP contribution in [-0.4, -0.2) is 24.7 Å². The van der Waals surface area contributed by atoms with Crippen LogP contribution in [0.25, 0.3) is 10.9 Å². The molecule has 0 bridgehead atoms. The summed E-state index contributed by atoms with van der Waals surface area (Å²) in [6.07, 6.45) is 2.33. The number of halogens is 1. The van der Waals surface area contributed by atoms with Gasteiger partial charge in [-0.2, -0.15) is 0 Å². The van der Waals surface area contributed by atoms with Gasteiger partial charge < -0.3 is 19.4 Å². The Bertz CT molecular complexity index is 905. The number of hydrogen-bond acceptors (Lipinski definition) is 3. The minimum Gasteiger partial charge on any atom is -0.495 e. The summed E-state index contributed by atoms with van der Waals surface area (Å²) >= 11 is 6.13. The second kappa shape index (κ2) is 7.49. The van der Waals surface area contributed by atoms with Gasteiger partial charge >= 0.3 is 0 Å². The van der Waals surface area contributed by atoms with Crippen LogP contribution in [0, 0.1) is 0 Å². The van der Waals surface area contributed by atoms with Crippen molar-refractivity contribution >= 4 is 34.1 Å². The van der Waals surface area contributed by atoms with E-state index in [0.29, 0.717) is 35.2 Å². The number of anilines is 1. The van der Waals surface area contributed by atoms with Gasteiger partial charge in [-0.05, 0) is 23.6 Å². The second-order valence-electron chi connectivity index (χ2n) is 5.55. The second-order valence-corrected chi connectivity index (χ2v) is 5.96. The van der Waals surface area contributed by atoms with E-state index in [1.807, 2.05) is 30.5 Å². The number of aromatic nitrogens is 1. The van der Waals surface area contributed by atoms with E-state index in [1.54, 1.807) is 12.1 Å². The standard InChI is InChI=1S/C19H19ClN2O3/c1-24-17-12-18(25-2)15(11-14(17)20)21-19(23)8-10-22-9-7-13-5-3-4-6-16(13)22/h3-7,9,11-12H,8,10H2,1-2H3,(H,21,23). The average Bonchev–Trinajstić information content (AvgIpc) is 3.03. The van der Waals surface area contributed by atoms with Crippen molar-refractivity contribution in [1.29, 1.82) is 0 Å². The molecule has 3 aromatic rings. The third-order valence-electron chi connectivity index (χ3n) is 4.01. The monoisotopic (exact) mass is 358 g/mol. The molecule has 3 rings (SSSR count). The Morgan fingerprint density at radius 2 is 1.88 bits per heavy atom. The summed E-state index contributed by atoms with van der Waals surface area (Å²) in [5, 5.41) is 4.42. The average molecular weight is 359 g/mol. The number of carbonyl (C=O) groups excluding carboxylic acids is 1. The molecular weight excluding hydrogens is 340 g/mol. The summed E-state index contributed by atoms with van der Waals surface area (Å²) in [6.45, 7) is 0.589. The van der Waals surface area contributed by atoms with Gasteiger partial charge in [-0.15, -0.1) is 0 Å². The molecule has 0 saturated carbocycles. The predicted molar refractivity (Wildman–Crippen MR) is 99.7 cm³/mol. The number of rotatable bonds is 6. The molecule has 1 N–H and O–H groups in total. The molecule has 0 radical (unpaired) electrons. The topological polar surface area (TPSA) is 52.5 Å². The molecule has 0 aliphatic rings. The molecule has 0 aliphatic carbocycles. The van der Waals surface area contributed by atoms with Crippen LogP contribution in [-0.2, 0) is 11.3 Å². The molecular formula is C19H19ClN2O3. The summed E-state index contributed by atoms with van der Waals surface area (Å²) in [7, 11) is 3.06. The van der Waals surface area contributed by atoms with Gasteiger partial charge in [0, 0.05) is 30.7 Å². The van der Waals surface area contributed by atoms with Crippen LogP contribution in [0.4, 0.5) is 5.69 Å². The number of para-hydroxylation sites is 1. The summed E-state index contributed by atoms with van der Waals surface area (Å²) in [4.78, 5) is 12.3. The maximum absolute atomic E-state index is 12.3. The maximum atomic E-state index is 12.3. The van der Waals surface area contributed by atoms with Gasteiger partial charge in [0.1, 0.15) is 11.5 Å². The van der Waals surface area contributed by atoms with Crippen LogP contribution in [0.5, 0.6) is 11.5 Å². The number of nitrogens with zero attached hydrogens (tertiary/aromatic N) is 1. The summed E-state index contributed by atoms with van der Waals surface area (Å²) < 4.78 is 12.5. The minimum absolute atomic E-state index is 0.114. The Morgan fingerprint density at radius 3 is 2.64 bits per heavy atom. The SMILES string of the molecule is COc1cc(OC)c(NC(=O)CCn2ccc3ccccc32)cc1Cl. The smallest absolute Gasteiger partial charge is 0.226 e. The lowest BCUT2D eigenvalue weighted by atomic mass is 10.2. The first-order valence-corrected chi connectivity index (χ1v) is 8.25. The molecule has 2 aromatic carbocycles. The zero-order valence-corrected chi connectivity index (χ0v) is 14.8. The van der Waals surface area contributed by atoms with Crippen molar-refractivity contribution in [3.8, 4) is 11.5 Å². The van der Waals surface area contributed by atoms with E-state index in [9.17, 15) is 4.79 Å². The molecule has 0 atom stereocenters. The first-order chi connectivity index (χ1) is 12.1. The summed E-state index contributed by atoms with van der Waals surface area (Å²) in [6, 6.07) is 13.4. The van der Waals surface area contributed by atoms with Crippen molar-refractivity contribution in [3.63, 3.8) is 0 Å². The van der Waals surface area contributed by atoms with Crippen molar-refractivity contribution in [2.24, 2.45) is 0 Å². The van der Waals surface area contributed by atoms with Crippen molar-refractivity contribution in [1.82, 2.24) is 4.57 Å². The Kier molecular flexibility index (Phi) is 5.14. The van der Waals surface area contributed by atoms with E-state index in [4.69, 9.17) is 21.1 Å². The van der Waals surface area contributed by atoms with Crippen molar-refractivity contribution < 1.29 is 14.3 Å². The van der Waals surface area contributed by atoms with Crippen molar-refractivity contribution in [2.45, 2.75) is 13.0 Å². The van der Waals surface area contributed by atoms with Gasteiger partial charge in [0.05, 0.1) is 24.9 Å². The highest BCUT2D eigenvalue weighted by atomic mass is 35.5. The highest BCUT2D eigenvalue weighted by Crippen LogP contribution is 2.35. The zero-order chi connectivity index (χ0) is 17.8. The summed E-state index contributed by atoms with van der Waals surface area (Å²) in [5.41, 5.74) is 1.64. The van der Waals surface area contributed by atoms with E-state index in [2.05, 4.69) is 16.0 Å². The lowest BCUT2D eigenvalue weighted by molar-refractivity contribution is -0.116. The van der Waals surface area contributed by atoms with E-state index in [-0.39, 0.29) is 5.91 Å². The number of carbonyl (C=O) groups is 1. The van der Waals surface area contributed by atoms with Gasteiger partial charge in [0.15, 0.2) is 0 Å². The lowest BCUT2D eigenvalue weighted by Crippen LogP contribution is -2.15. The lowest BCUT2D eigenvalue weighted by Gasteiger charge is -2.13. The number of benzene rings is 2. The molecule has 6 heteroatoms. The highest BCUT2D eigenvalue weighted by molar-refractivity contribution is 6.32. The number of hydrogen-bond donors (Lipinski definition) is 1. The molecule has 130 valence electrons. The minimum atomic E-state index is -0.114. The number of aryl methyl sites for hydroxylation is 1. The fourth-order valence-electron chi connectivity index (χ4n) is 2.73. The highest BCUT2D eigenvalue weighted by Gasteiger charge is 2.13. The van der Waals surface area contributed by atoms with E-state index in [1.165, 1.54) is 14.2 Å². The number of amides is 1. The molecule has 0 aliphatic heterocycles. The molecule has 0 fully saturated rings. The number of ether oxygens (including phenoxy) is 2. The molecule has 1 heterocycles. The fraction of sp³-hybridized carbons (Fsp3) is 0.211. The number of nitrogens with one attached hydrogen (secondary N) is 1. The number of fused-ring (bicyclic) bond motifs is 1. The molecule has 25 heavy (non-hydrogen) atoms. The van der Waals surface area contributed by atoms with Gasteiger partial charge in [-0.3, -0.25) is 4.79 Å². The van der Waals surface area contributed by atoms with Crippen LogP contribution < -0.4 is 14.8 Å². The van der Waals surface area contributed by atoms with Gasteiger partial charge in [-0.25, -0.2) is 0 Å². The van der Waals surface area contributed by atoms with Gasteiger partial charge in [0.2, 0.25) is 5.91 Å². The fourth-order valence-corrected chi connectivity index (χ4v) is 2.97. The Morgan fingerprint density at radius 1 is 1.12 bits per heavy atom. The quantitative estimate of drug-likeness (QED) is 0.713. The third kappa shape index (κ3) is 3.72. The largest absolute Gasteiger partial charge is 0.495 e. The van der Waals surface area contributed by atoms with Gasteiger partial charge in [-0.1, -0.05) is 29.8 Å². The predicted octanol–water partition coefficient (Wildman–Crippen LogP) is 4.34. The maximum Gasteiger partial charge on any atom is 0.226 e. The van der Waals surface area contributed by atoms with E-state index >= 15 is 0 Å². The Labute approximate surface area is 151 Å². The van der Waals surface area contributed by atoms with E-state index in [0.717, 1.165) is 10.9 Å². The van der Waals surface area contributed by atoms with Crippen LogP contribution >= 0.6 is 11.6 Å². The van der Waals surface area contributed by atoms with Crippen LogP contribution in [0.2, 0.25) is 5.02 Å². The molecule has 0 spiro atoms. The zero-order valence-electron chi connectivity index (χ0n) is 14.1. The van der Waals surface area contributed by atoms with Crippen LogP contribution in [0.3, 0.4) is 0 Å². The van der Waals surface area contributed by atoms with Crippen molar-refractivity contribution in [3.05, 3.63) is 53.7 Å². The molecule has 5 nitrogen and oxygen atoms in total. The third-order valence-corrected chi connectivity index (χ3v) is 4.30. The van der Waals surface area contributed by atoms with Crippen LogP contribution in [0.1, 0.15) is 6.42 Å². The Hall–Kier alpha value is -2.66. The van der Waals surface area contributed by atoms with Gasteiger partial charge in [0.25, 0.3) is 0 Å². The normalized spacial score (nSPS) is 10.7. The van der Waals surface area contributed by atoms with Crippen LogP contribution in [0.15, 0.2) is 48.7 Å².